The Kier molecular flexibility index (Phi) is 3.53. The highest BCUT2D eigenvalue weighted by atomic mass is 32.2. The van der Waals surface area contributed by atoms with Crippen LogP contribution < -0.4 is 0 Å². The fourth-order valence-electron chi connectivity index (χ4n) is 1.70. The predicted molar refractivity (Wildman–Crippen MR) is 76.1 cm³/mol. The van der Waals surface area contributed by atoms with Gasteiger partial charge in [-0.1, -0.05) is 0 Å². The van der Waals surface area contributed by atoms with E-state index in [1.807, 2.05) is 12.1 Å². The molecule has 0 unspecified atom stereocenters. The summed E-state index contributed by atoms with van der Waals surface area (Å²) in [6, 6.07) is 15.9. The van der Waals surface area contributed by atoms with Gasteiger partial charge in [0.2, 0.25) is 5.16 Å². The van der Waals surface area contributed by atoms with Crippen molar-refractivity contribution >= 4 is 11.8 Å². The lowest BCUT2D eigenvalue weighted by atomic mass is 10.2. The highest BCUT2D eigenvalue weighted by Crippen LogP contribution is 2.27. The highest BCUT2D eigenvalue weighted by molar-refractivity contribution is 7.99. The van der Waals surface area contributed by atoms with Gasteiger partial charge < -0.3 is 5.11 Å². The molecule has 102 valence electrons. The third-order valence-electron chi connectivity index (χ3n) is 2.73. The Bertz CT molecular complexity index is 789. The van der Waals surface area contributed by atoms with Gasteiger partial charge in [0.15, 0.2) is 0 Å². The molecule has 1 heterocycles. The molecule has 0 aliphatic carbocycles. The van der Waals surface area contributed by atoms with Gasteiger partial charge in [0.1, 0.15) is 5.75 Å². The summed E-state index contributed by atoms with van der Waals surface area (Å²) < 4.78 is 1.59. The molecule has 0 aliphatic rings. The van der Waals surface area contributed by atoms with E-state index in [4.69, 9.17) is 5.26 Å². The number of aromatic nitrogens is 4. The van der Waals surface area contributed by atoms with E-state index in [-0.39, 0.29) is 5.75 Å². The van der Waals surface area contributed by atoms with Crippen LogP contribution in [0.15, 0.2) is 58.6 Å². The first-order chi connectivity index (χ1) is 10.3. The first kappa shape index (κ1) is 13.1. The van der Waals surface area contributed by atoms with E-state index in [0.29, 0.717) is 10.7 Å². The summed E-state index contributed by atoms with van der Waals surface area (Å²) in [6.45, 7) is 0. The summed E-state index contributed by atoms with van der Waals surface area (Å²) in [7, 11) is 0. The van der Waals surface area contributed by atoms with E-state index >= 15 is 0 Å². The van der Waals surface area contributed by atoms with Crippen molar-refractivity contribution in [3.63, 3.8) is 0 Å². The number of phenols is 1. The third kappa shape index (κ3) is 2.85. The van der Waals surface area contributed by atoms with Gasteiger partial charge in [0.05, 0.1) is 17.3 Å². The van der Waals surface area contributed by atoms with E-state index in [9.17, 15) is 5.11 Å². The molecular formula is C14H9N5OS. The number of benzene rings is 2. The Balaban J connectivity index is 1.88. The van der Waals surface area contributed by atoms with Crippen molar-refractivity contribution in [2.75, 3.05) is 0 Å². The highest BCUT2D eigenvalue weighted by Gasteiger charge is 2.10. The number of tetrazole rings is 1. The predicted octanol–water partition coefficient (Wildman–Crippen LogP) is 2.39. The molecule has 0 fully saturated rings. The van der Waals surface area contributed by atoms with E-state index in [0.717, 1.165) is 10.6 Å². The summed E-state index contributed by atoms with van der Waals surface area (Å²) in [5, 5.41) is 30.3. The van der Waals surface area contributed by atoms with Crippen molar-refractivity contribution in [2.45, 2.75) is 10.1 Å². The number of nitrogens with zero attached hydrogens (tertiary/aromatic N) is 5. The lowest BCUT2D eigenvalue weighted by molar-refractivity contribution is 0.475. The quantitative estimate of drug-likeness (QED) is 0.798. The molecule has 0 spiro atoms. The smallest absolute Gasteiger partial charge is 0.218 e. The van der Waals surface area contributed by atoms with Crippen molar-refractivity contribution in [3.8, 4) is 17.5 Å². The summed E-state index contributed by atoms with van der Waals surface area (Å²) in [6.07, 6.45) is 0. The molecule has 0 bridgehead atoms. The number of rotatable bonds is 3. The minimum absolute atomic E-state index is 0.188. The monoisotopic (exact) mass is 295 g/mol. The summed E-state index contributed by atoms with van der Waals surface area (Å²) in [4.78, 5) is 0.934. The van der Waals surface area contributed by atoms with Crippen LogP contribution >= 0.6 is 11.8 Å². The van der Waals surface area contributed by atoms with Gasteiger partial charge in [0, 0.05) is 4.90 Å². The number of hydrogen-bond donors (Lipinski definition) is 1. The maximum atomic E-state index is 9.32. The van der Waals surface area contributed by atoms with Crippen LogP contribution in [0.5, 0.6) is 5.75 Å². The maximum Gasteiger partial charge on any atom is 0.218 e. The minimum Gasteiger partial charge on any atom is -0.508 e. The molecule has 0 aliphatic heterocycles. The Labute approximate surface area is 124 Å². The molecule has 0 saturated carbocycles. The largest absolute Gasteiger partial charge is 0.508 e. The fourth-order valence-corrected chi connectivity index (χ4v) is 2.49. The lowest BCUT2D eigenvalue weighted by Crippen LogP contribution is -1.98. The number of hydrogen-bond acceptors (Lipinski definition) is 6. The Morgan fingerprint density at radius 2 is 1.76 bits per heavy atom. The van der Waals surface area contributed by atoms with Crippen LogP contribution in [0, 0.1) is 11.3 Å². The molecule has 7 heteroatoms. The summed E-state index contributed by atoms with van der Waals surface area (Å²) in [5.74, 6) is 0.188. The van der Waals surface area contributed by atoms with Gasteiger partial charge in [0.25, 0.3) is 0 Å². The molecule has 6 nitrogen and oxygen atoms in total. The fraction of sp³-hybridized carbons (Fsp3) is 0. The van der Waals surface area contributed by atoms with Crippen molar-refractivity contribution in [2.24, 2.45) is 0 Å². The molecule has 21 heavy (non-hydrogen) atoms. The average Bonchev–Trinajstić information content (AvgIpc) is 2.97. The Morgan fingerprint density at radius 1 is 1.05 bits per heavy atom. The summed E-state index contributed by atoms with van der Waals surface area (Å²) >= 11 is 1.39. The van der Waals surface area contributed by atoms with E-state index in [1.54, 1.807) is 41.1 Å². The van der Waals surface area contributed by atoms with Crippen LogP contribution in [-0.4, -0.2) is 25.3 Å². The Hall–Kier alpha value is -2.85. The molecule has 0 amide bonds. The van der Waals surface area contributed by atoms with Crippen LogP contribution in [0.1, 0.15) is 5.56 Å². The molecule has 0 atom stereocenters. The first-order valence-electron chi connectivity index (χ1n) is 6.02. The van der Waals surface area contributed by atoms with Crippen LogP contribution in [-0.2, 0) is 0 Å². The SMILES string of the molecule is N#Cc1ccc(Sc2nnnn2-c2ccc(O)cc2)cc1. The van der Waals surface area contributed by atoms with Gasteiger partial charge in [-0.25, -0.2) is 0 Å². The molecular weight excluding hydrogens is 286 g/mol. The topological polar surface area (TPSA) is 87.6 Å². The number of aromatic hydroxyl groups is 1. The molecule has 1 aromatic heterocycles. The second kappa shape index (κ2) is 5.64. The van der Waals surface area contributed by atoms with Gasteiger partial charge in [-0.05, 0) is 70.7 Å². The van der Waals surface area contributed by atoms with Gasteiger partial charge in [-0.3, -0.25) is 0 Å². The van der Waals surface area contributed by atoms with E-state index in [1.165, 1.54) is 11.8 Å². The molecule has 0 radical (unpaired) electrons. The van der Waals surface area contributed by atoms with Gasteiger partial charge in [-0.15, -0.1) is 5.10 Å². The molecule has 0 saturated heterocycles. The van der Waals surface area contributed by atoms with Gasteiger partial charge >= 0.3 is 0 Å². The number of nitriles is 1. The molecule has 3 aromatic rings. The average molecular weight is 295 g/mol. The molecule has 1 N–H and O–H groups in total. The standard InChI is InChI=1S/C14H9N5OS/c15-9-10-1-7-13(8-2-10)21-14-16-17-18-19(14)11-3-5-12(20)6-4-11/h1-8,20H. The zero-order valence-corrected chi connectivity index (χ0v) is 11.5. The van der Waals surface area contributed by atoms with Gasteiger partial charge in [-0.2, -0.15) is 9.94 Å². The van der Waals surface area contributed by atoms with E-state index in [2.05, 4.69) is 21.6 Å². The molecule has 3 rings (SSSR count). The van der Waals surface area contributed by atoms with Crippen LogP contribution in [0.2, 0.25) is 0 Å². The zero-order valence-electron chi connectivity index (χ0n) is 10.7. The van der Waals surface area contributed by atoms with Crippen LogP contribution in [0.25, 0.3) is 5.69 Å². The normalized spacial score (nSPS) is 10.2. The van der Waals surface area contributed by atoms with Crippen molar-refractivity contribution in [1.82, 2.24) is 20.2 Å². The second-order valence-electron chi connectivity index (χ2n) is 4.13. The Morgan fingerprint density at radius 3 is 2.43 bits per heavy atom. The lowest BCUT2D eigenvalue weighted by Gasteiger charge is -2.04. The maximum absolute atomic E-state index is 9.32. The second-order valence-corrected chi connectivity index (χ2v) is 5.17. The minimum atomic E-state index is 0.188. The van der Waals surface area contributed by atoms with Crippen molar-refractivity contribution < 1.29 is 5.11 Å². The number of phenolic OH excluding ortho intramolecular Hbond substituents is 1. The van der Waals surface area contributed by atoms with Crippen LogP contribution in [0.4, 0.5) is 0 Å². The van der Waals surface area contributed by atoms with Crippen LogP contribution in [0.3, 0.4) is 0 Å². The molecule has 2 aromatic carbocycles. The summed E-state index contributed by atoms with van der Waals surface area (Å²) in [5.41, 5.74) is 1.37. The van der Waals surface area contributed by atoms with E-state index < -0.39 is 0 Å². The zero-order chi connectivity index (χ0) is 14.7. The van der Waals surface area contributed by atoms with Crippen molar-refractivity contribution in [3.05, 3.63) is 54.1 Å². The van der Waals surface area contributed by atoms with Crippen molar-refractivity contribution in [1.29, 1.82) is 5.26 Å². The first-order valence-corrected chi connectivity index (χ1v) is 6.84. The third-order valence-corrected chi connectivity index (χ3v) is 3.67.